The highest BCUT2D eigenvalue weighted by molar-refractivity contribution is 8.27. The number of aromatic nitrogens is 1. The number of thioether (sulfide) groups is 1. The second kappa shape index (κ2) is 7.06. The van der Waals surface area contributed by atoms with E-state index in [-0.39, 0.29) is 21.1 Å². The molecule has 2 aromatic rings. The molecule has 0 spiro atoms. The lowest BCUT2D eigenvalue weighted by Gasteiger charge is -2.16. The van der Waals surface area contributed by atoms with Crippen LogP contribution in [0.3, 0.4) is 0 Å². The first-order valence-electron chi connectivity index (χ1n) is 7.17. The summed E-state index contributed by atoms with van der Waals surface area (Å²) >= 11 is 6.26. The van der Waals surface area contributed by atoms with Gasteiger partial charge in [-0.2, -0.15) is 0 Å². The Bertz CT molecular complexity index is 940. The van der Waals surface area contributed by atoms with Crippen molar-refractivity contribution < 1.29 is 24.6 Å². The van der Waals surface area contributed by atoms with Gasteiger partial charge < -0.3 is 10.2 Å². The third kappa shape index (κ3) is 3.48. The first-order chi connectivity index (χ1) is 12.4. The molecule has 3 rings (SSSR count). The third-order valence-electron chi connectivity index (χ3n) is 3.43. The molecule has 1 amide bonds. The van der Waals surface area contributed by atoms with Crippen LogP contribution in [0.4, 0.5) is 5.69 Å². The van der Waals surface area contributed by atoms with Gasteiger partial charge >= 0.3 is 11.9 Å². The third-order valence-corrected chi connectivity index (χ3v) is 4.73. The molecule has 1 fully saturated rings. The van der Waals surface area contributed by atoms with Crippen LogP contribution < -0.4 is 4.90 Å². The number of anilines is 1. The predicted molar refractivity (Wildman–Crippen MR) is 100 cm³/mol. The summed E-state index contributed by atoms with van der Waals surface area (Å²) in [7, 11) is 0. The largest absolute Gasteiger partial charge is 0.478 e. The van der Waals surface area contributed by atoms with Crippen LogP contribution in [-0.4, -0.2) is 37.4 Å². The van der Waals surface area contributed by atoms with Crippen LogP contribution in [0.2, 0.25) is 0 Å². The monoisotopic (exact) mass is 386 g/mol. The number of aromatic carboxylic acids is 2. The van der Waals surface area contributed by atoms with E-state index < -0.39 is 17.8 Å². The molecule has 1 aliphatic heterocycles. The average Bonchev–Trinajstić information content (AvgIpc) is 2.89. The fourth-order valence-electron chi connectivity index (χ4n) is 2.27. The smallest absolute Gasteiger partial charge is 0.335 e. The number of nitrogens with zero attached hydrogens (tertiary/aromatic N) is 2. The Morgan fingerprint density at radius 1 is 1.12 bits per heavy atom. The van der Waals surface area contributed by atoms with E-state index in [1.807, 2.05) is 0 Å². The molecule has 1 aliphatic rings. The number of carbonyl (C=O) groups excluding carboxylic acids is 1. The first-order valence-corrected chi connectivity index (χ1v) is 8.40. The normalized spacial score (nSPS) is 15.5. The molecule has 26 heavy (non-hydrogen) atoms. The van der Waals surface area contributed by atoms with Crippen LogP contribution >= 0.6 is 24.0 Å². The molecule has 0 saturated carbocycles. The van der Waals surface area contributed by atoms with Gasteiger partial charge in [0.25, 0.3) is 5.91 Å². The molecule has 1 aromatic carbocycles. The molecule has 1 aromatic heterocycles. The molecule has 0 unspecified atom stereocenters. The lowest BCUT2D eigenvalue weighted by Crippen LogP contribution is -2.28. The van der Waals surface area contributed by atoms with Crippen molar-refractivity contribution in [2.24, 2.45) is 0 Å². The number of pyridine rings is 1. The quantitative estimate of drug-likeness (QED) is 0.610. The molecule has 0 aliphatic carbocycles. The van der Waals surface area contributed by atoms with Gasteiger partial charge in [-0.25, -0.2) is 9.59 Å². The minimum atomic E-state index is -1.30. The lowest BCUT2D eigenvalue weighted by molar-refractivity contribution is -0.113. The average molecular weight is 386 g/mol. The molecular weight excluding hydrogens is 376 g/mol. The lowest BCUT2D eigenvalue weighted by atomic mass is 10.1. The van der Waals surface area contributed by atoms with E-state index in [0.717, 1.165) is 22.7 Å². The molecule has 7 nitrogen and oxygen atoms in total. The number of benzene rings is 1. The van der Waals surface area contributed by atoms with Gasteiger partial charge in [0.15, 0.2) is 4.32 Å². The molecule has 2 N–H and O–H groups in total. The number of thiocarbonyl (C=S) groups is 1. The van der Waals surface area contributed by atoms with Crippen LogP contribution in [0.15, 0.2) is 47.5 Å². The van der Waals surface area contributed by atoms with Gasteiger partial charge in [0, 0.05) is 6.20 Å². The second-order valence-corrected chi connectivity index (χ2v) is 6.83. The number of hydrogen-bond donors (Lipinski definition) is 2. The Hall–Kier alpha value is -3.04. The number of carboxylic acid groups (broad SMARTS) is 2. The van der Waals surface area contributed by atoms with Gasteiger partial charge in [-0.15, -0.1) is 0 Å². The zero-order valence-corrected chi connectivity index (χ0v) is 14.6. The van der Waals surface area contributed by atoms with Gasteiger partial charge in [-0.05, 0) is 36.4 Å². The van der Waals surface area contributed by atoms with Crippen molar-refractivity contribution in [3.8, 4) is 0 Å². The Morgan fingerprint density at radius 2 is 1.77 bits per heavy atom. The topological polar surface area (TPSA) is 108 Å². The number of carboxylic acids is 2. The molecule has 130 valence electrons. The van der Waals surface area contributed by atoms with Gasteiger partial charge in [0.2, 0.25) is 0 Å². The summed E-state index contributed by atoms with van der Waals surface area (Å²) in [6.45, 7) is 0. The summed E-state index contributed by atoms with van der Waals surface area (Å²) in [5, 5.41) is 18.4. The SMILES string of the molecule is O=C(O)c1cc(C(=O)O)cc(N2C(=O)/C(=C/c3ccccn3)SC2=S)c1. The van der Waals surface area contributed by atoms with Crippen molar-refractivity contribution in [2.75, 3.05) is 4.90 Å². The number of rotatable bonds is 4. The second-order valence-electron chi connectivity index (χ2n) is 5.15. The molecule has 2 heterocycles. The van der Waals surface area contributed by atoms with Gasteiger partial charge in [-0.1, -0.05) is 30.0 Å². The van der Waals surface area contributed by atoms with Crippen LogP contribution in [-0.2, 0) is 4.79 Å². The molecule has 0 bridgehead atoms. The molecular formula is C17H10N2O5S2. The van der Waals surface area contributed by atoms with Crippen molar-refractivity contribution in [2.45, 2.75) is 0 Å². The van der Waals surface area contributed by atoms with Crippen molar-refractivity contribution in [3.63, 3.8) is 0 Å². The van der Waals surface area contributed by atoms with Gasteiger partial charge in [0.05, 0.1) is 27.4 Å². The maximum absolute atomic E-state index is 12.7. The minimum Gasteiger partial charge on any atom is -0.478 e. The maximum atomic E-state index is 12.7. The van der Waals surface area contributed by atoms with E-state index >= 15 is 0 Å². The van der Waals surface area contributed by atoms with E-state index in [9.17, 15) is 24.6 Å². The highest BCUT2D eigenvalue weighted by Gasteiger charge is 2.34. The zero-order valence-electron chi connectivity index (χ0n) is 12.9. The fraction of sp³-hybridized carbons (Fsp3) is 0. The van der Waals surface area contributed by atoms with Crippen LogP contribution in [0.25, 0.3) is 6.08 Å². The summed E-state index contributed by atoms with van der Waals surface area (Å²) in [4.78, 5) is 40.8. The summed E-state index contributed by atoms with van der Waals surface area (Å²) in [6, 6.07) is 8.69. The Labute approximate surface area is 157 Å². The summed E-state index contributed by atoms with van der Waals surface area (Å²) < 4.78 is 0.177. The van der Waals surface area contributed by atoms with Crippen LogP contribution in [0.1, 0.15) is 26.4 Å². The van der Waals surface area contributed by atoms with E-state index in [0.29, 0.717) is 10.6 Å². The summed E-state index contributed by atoms with van der Waals surface area (Å²) in [5.74, 6) is -3.07. The summed E-state index contributed by atoms with van der Waals surface area (Å²) in [6.07, 6.45) is 3.15. The van der Waals surface area contributed by atoms with Crippen LogP contribution in [0, 0.1) is 0 Å². The highest BCUT2D eigenvalue weighted by atomic mass is 32.2. The Balaban J connectivity index is 2.03. The standard InChI is InChI=1S/C17H10N2O5S2/c20-14-13(8-11-3-1-2-4-18-11)26-17(25)19(14)12-6-9(15(21)22)5-10(7-12)16(23)24/h1-8H,(H,21,22)(H,23,24)/b13-8-. The maximum Gasteiger partial charge on any atom is 0.335 e. The molecule has 9 heteroatoms. The molecule has 0 radical (unpaired) electrons. The van der Waals surface area contributed by atoms with E-state index in [1.54, 1.807) is 30.5 Å². The van der Waals surface area contributed by atoms with Crippen LogP contribution in [0.5, 0.6) is 0 Å². The van der Waals surface area contributed by atoms with Crippen molar-refractivity contribution >= 4 is 57.9 Å². The fourth-order valence-corrected chi connectivity index (χ4v) is 3.56. The van der Waals surface area contributed by atoms with Crippen molar-refractivity contribution in [1.29, 1.82) is 0 Å². The number of hydrogen-bond acceptors (Lipinski definition) is 6. The van der Waals surface area contributed by atoms with Crippen molar-refractivity contribution in [3.05, 3.63) is 64.3 Å². The van der Waals surface area contributed by atoms with E-state index in [4.69, 9.17) is 12.2 Å². The summed E-state index contributed by atoms with van der Waals surface area (Å²) in [5.41, 5.74) is 0.165. The Morgan fingerprint density at radius 3 is 2.31 bits per heavy atom. The molecule has 0 atom stereocenters. The van der Waals surface area contributed by atoms with E-state index in [2.05, 4.69) is 4.98 Å². The first kappa shape index (κ1) is 17.8. The van der Waals surface area contributed by atoms with Gasteiger partial charge in [0.1, 0.15) is 0 Å². The van der Waals surface area contributed by atoms with Crippen molar-refractivity contribution in [1.82, 2.24) is 4.98 Å². The number of amides is 1. The predicted octanol–water partition coefficient (Wildman–Crippen LogP) is 2.88. The highest BCUT2D eigenvalue weighted by Crippen LogP contribution is 2.36. The Kier molecular flexibility index (Phi) is 4.83. The minimum absolute atomic E-state index is 0.0919. The zero-order chi connectivity index (χ0) is 18.8. The molecule has 1 saturated heterocycles. The van der Waals surface area contributed by atoms with Gasteiger partial charge in [-0.3, -0.25) is 14.7 Å². The van der Waals surface area contributed by atoms with E-state index in [1.165, 1.54) is 12.1 Å². The number of carbonyl (C=O) groups is 3.